The molecular formula is C17H17F3N6O4S. The summed E-state index contributed by atoms with van der Waals surface area (Å²) in [5.41, 5.74) is 0.992. The Morgan fingerprint density at radius 2 is 2.03 bits per heavy atom. The standard InChI is InChI=1S/C15H16N6O2S.C2HF3O2/c22-15(12-1-2-19-23-12)18-8-11-7-17-13-9-20(4-5-21(11)13)10-14-16-3-6-24-14;3-2(4,5)1(6)7/h1-3,6-7H,4-5,8-10H2,(H,18,22);(H,6,7). The maximum atomic E-state index is 11.9. The fourth-order valence-corrected chi connectivity index (χ4v) is 3.42. The molecule has 1 amide bonds. The molecule has 0 aliphatic carbocycles. The van der Waals surface area contributed by atoms with Gasteiger partial charge < -0.3 is 19.5 Å². The number of carboxylic acids is 1. The van der Waals surface area contributed by atoms with Crippen LogP contribution < -0.4 is 5.32 Å². The molecule has 4 heterocycles. The van der Waals surface area contributed by atoms with Crippen molar-refractivity contribution in [1.82, 2.24) is 29.9 Å². The molecule has 0 saturated carbocycles. The van der Waals surface area contributed by atoms with E-state index in [0.717, 1.165) is 42.7 Å². The Morgan fingerprint density at radius 1 is 1.26 bits per heavy atom. The summed E-state index contributed by atoms with van der Waals surface area (Å²) >= 11 is 1.67. The van der Waals surface area contributed by atoms with Crippen LogP contribution in [0.3, 0.4) is 0 Å². The molecule has 3 aromatic heterocycles. The normalized spacial score (nSPS) is 13.8. The number of fused-ring (bicyclic) bond motifs is 1. The zero-order valence-electron chi connectivity index (χ0n) is 15.9. The zero-order chi connectivity index (χ0) is 22.4. The highest BCUT2D eigenvalue weighted by Crippen LogP contribution is 2.17. The quantitative estimate of drug-likeness (QED) is 0.594. The number of carboxylic acid groups (broad SMARTS) is 1. The van der Waals surface area contributed by atoms with Gasteiger partial charge in [-0.3, -0.25) is 9.69 Å². The summed E-state index contributed by atoms with van der Waals surface area (Å²) < 4.78 is 38.7. The number of halogens is 3. The molecule has 0 unspecified atom stereocenters. The molecule has 1 aliphatic rings. The van der Waals surface area contributed by atoms with Crippen LogP contribution >= 0.6 is 11.3 Å². The first-order valence-corrected chi connectivity index (χ1v) is 9.75. The molecule has 0 bridgehead atoms. The average molecular weight is 458 g/mol. The number of alkyl halides is 3. The lowest BCUT2D eigenvalue weighted by Gasteiger charge is -2.27. The molecule has 0 spiro atoms. The first-order valence-electron chi connectivity index (χ1n) is 8.87. The number of carbonyl (C=O) groups excluding carboxylic acids is 1. The van der Waals surface area contributed by atoms with Crippen LogP contribution in [0.15, 0.2) is 34.6 Å². The maximum Gasteiger partial charge on any atom is 0.490 e. The topological polar surface area (TPSA) is 126 Å². The van der Waals surface area contributed by atoms with E-state index in [1.54, 1.807) is 11.3 Å². The third-order valence-electron chi connectivity index (χ3n) is 4.20. The third kappa shape index (κ3) is 6.11. The van der Waals surface area contributed by atoms with Gasteiger partial charge in [0.05, 0.1) is 37.7 Å². The number of nitrogens with zero attached hydrogens (tertiary/aromatic N) is 5. The molecule has 31 heavy (non-hydrogen) atoms. The second kappa shape index (κ2) is 9.70. The van der Waals surface area contributed by atoms with Crippen molar-refractivity contribution in [3.05, 3.63) is 52.3 Å². The minimum Gasteiger partial charge on any atom is -0.475 e. The Balaban J connectivity index is 0.000000339. The molecule has 14 heteroatoms. The number of aliphatic carboxylic acids is 1. The Kier molecular flexibility index (Phi) is 7.02. The van der Waals surface area contributed by atoms with Gasteiger partial charge in [-0.05, 0) is 0 Å². The summed E-state index contributed by atoms with van der Waals surface area (Å²) in [6.07, 6.45) is 0.0236. The number of nitrogens with one attached hydrogen (secondary N) is 1. The van der Waals surface area contributed by atoms with Crippen LogP contribution in [0.4, 0.5) is 13.2 Å². The van der Waals surface area contributed by atoms with Gasteiger partial charge in [0, 0.05) is 30.7 Å². The van der Waals surface area contributed by atoms with E-state index in [2.05, 4.69) is 29.9 Å². The predicted octanol–water partition coefficient (Wildman–Crippen LogP) is 1.91. The number of thiazole rings is 1. The minimum absolute atomic E-state index is 0.211. The second-order valence-electron chi connectivity index (χ2n) is 6.32. The number of rotatable bonds is 5. The van der Waals surface area contributed by atoms with E-state index in [-0.39, 0.29) is 11.7 Å². The summed E-state index contributed by atoms with van der Waals surface area (Å²) in [5, 5.41) is 16.6. The van der Waals surface area contributed by atoms with Crippen LogP contribution in [0.5, 0.6) is 0 Å². The van der Waals surface area contributed by atoms with Gasteiger partial charge in [0.1, 0.15) is 10.8 Å². The van der Waals surface area contributed by atoms with Gasteiger partial charge in [0.2, 0.25) is 5.76 Å². The molecule has 1 aliphatic heterocycles. The van der Waals surface area contributed by atoms with E-state index >= 15 is 0 Å². The number of hydrogen-bond acceptors (Lipinski definition) is 8. The molecule has 0 fully saturated rings. The summed E-state index contributed by atoms with van der Waals surface area (Å²) in [4.78, 5) is 32.0. The van der Waals surface area contributed by atoms with E-state index in [1.165, 1.54) is 12.3 Å². The van der Waals surface area contributed by atoms with Crippen molar-refractivity contribution in [2.45, 2.75) is 32.4 Å². The van der Waals surface area contributed by atoms with Crippen molar-refractivity contribution in [2.75, 3.05) is 6.54 Å². The lowest BCUT2D eigenvalue weighted by atomic mass is 10.3. The van der Waals surface area contributed by atoms with Gasteiger partial charge in [-0.25, -0.2) is 14.8 Å². The Bertz CT molecular complexity index is 1000. The van der Waals surface area contributed by atoms with Crippen LogP contribution in [0, 0.1) is 0 Å². The fraction of sp³-hybridized carbons (Fsp3) is 0.353. The van der Waals surface area contributed by atoms with Crippen LogP contribution in [-0.2, 0) is 31.0 Å². The van der Waals surface area contributed by atoms with Crippen molar-refractivity contribution >= 4 is 23.2 Å². The molecule has 166 valence electrons. The number of carbonyl (C=O) groups is 2. The molecule has 0 saturated heterocycles. The summed E-state index contributed by atoms with van der Waals surface area (Å²) in [6.45, 7) is 3.84. The molecule has 0 radical (unpaired) electrons. The van der Waals surface area contributed by atoms with Crippen molar-refractivity contribution in [2.24, 2.45) is 0 Å². The van der Waals surface area contributed by atoms with Gasteiger partial charge in [-0.2, -0.15) is 13.2 Å². The Labute approximate surface area is 177 Å². The monoisotopic (exact) mass is 458 g/mol. The first kappa shape index (κ1) is 22.4. The van der Waals surface area contributed by atoms with Gasteiger partial charge in [-0.15, -0.1) is 11.3 Å². The van der Waals surface area contributed by atoms with Gasteiger partial charge in [0.15, 0.2) is 0 Å². The highest BCUT2D eigenvalue weighted by molar-refractivity contribution is 7.09. The molecule has 2 N–H and O–H groups in total. The van der Waals surface area contributed by atoms with E-state index < -0.39 is 12.1 Å². The predicted molar refractivity (Wildman–Crippen MR) is 99.8 cm³/mol. The van der Waals surface area contributed by atoms with Crippen molar-refractivity contribution in [1.29, 1.82) is 0 Å². The van der Waals surface area contributed by atoms with Gasteiger partial charge >= 0.3 is 12.1 Å². The number of hydrogen-bond donors (Lipinski definition) is 2. The third-order valence-corrected chi connectivity index (χ3v) is 4.97. The lowest BCUT2D eigenvalue weighted by molar-refractivity contribution is -0.192. The smallest absolute Gasteiger partial charge is 0.475 e. The summed E-state index contributed by atoms with van der Waals surface area (Å²) in [6, 6.07) is 1.54. The number of amides is 1. The summed E-state index contributed by atoms with van der Waals surface area (Å²) in [7, 11) is 0. The highest BCUT2D eigenvalue weighted by atomic mass is 32.1. The summed E-state index contributed by atoms with van der Waals surface area (Å²) in [5.74, 6) is -1.80. The van der Waals surface area contributed by atoms with E-state index in [0.29, 0.717) is 6.54 Å². The van der Waals surface area contributed by atoms with E-state index in [1.807, 2.05) is 17.8 Å². The molecule has 0 atom stereocenters. The molecule has 10 nitrogen and oxygen atoms in total. The van der Waals surface area contributed by atoms with Crippen LogP contribution in [-0.4, -0.2) is 54.3 Å². The lowest BCUT2D eigenvalue weighted by Crippen LogP contribution is -2.34. The Hall–Kier alpha value is -3.26. The molecular weight excluding hydrogens is 441 g/mol. The fourth-order valence-electron chi connectivity index (χ4n) is 2.76. The van der Waals surface area contributed by atoms with Crippen molar-refractivity contribution in [3.63, 3.8) is 0 Å². The van der Waals surface area contributed by atoms with Gasteiger partial charge in [-0.1, -0.05) is 5.16 Å². The largest absolute Gasteiger partial charge is 0.490 e. The van der Waals surface area contributed by atoms with Crippen molar-refractivity contribution < 1.29 is 32.4 Å². The molecule has 3 aromatic rings. The number of aromatic nitrogens is 4. The van der Waals surface area contributed by atoms with E-state index in [4.69, 9.17) is 14.4 Å². The van der Waals surface area contributed by atoms with Crippen LogP contribution in [0.1, 0.15) is 27.1 Å². The minimum atomic E-state index is -5.08. The molecule has 4 rings (SSSR count). The molecule has 0 aromatic carbocycles. The van der Waals surface area contributed by atoms with Crippen molar-refractivity contribution in [3.8, 4) is 0 Å². The van der Waals surface area contributed by atoms with E-state index in [9.17, 15) is 18.0 Å². The highest BCUT2D eigenvalue weighted by Gasteiger charge is 2.38. The van der Waals surface area contributed by atoms with Crippen LogP contribution in [0.25, 0.3) is 0 Å². The zero-order valence-corrected chi connectivity index (χ0v) is 16.7. The van der Waals surface area contributed by atoms with Crippen LogP contribution in [0.2, 0.25) is 0 Å². The average Bonchev–Trinajstić information content (AvgIpc) is 3.48. The SMILES string of the molecule is O=C(NCc1cnc2n1CCN(Cc1nccs1)C2)c1ccno1.O=C(O)C(F)(F)F. The number of imidazole rings is 1. The van der Waals surface area contributed by atoms with Gasteiger partial charge in [0.25, 0.3) is 5.91 Å². The maximum absolute atomic E-state index is 11.9. The Morgan fingerprint density at radius 3 is 2.65 bits per heavy atom. The first-order chi connectivity index (χ1) is 14.7. The second-order valence-corrected chi connectivity index (χ2v) is 7.30.